The summed E-state index contributed by atoms with van der Waals surface area (Å²) in [5, 5.41) is 7.06. The van der Waals surface area contributed by atoms with Crippen molar-refractivity contribution in [1.82, 2.24) is 14.3 Å². The van der Waals surface area contributed by atoms with Crippen LogP contribution in [0.1, 0.15) is 78.2 Å². The van der Waals surface area contributed by atoms with Gasteiger partial charge in [0.1, 0.15) is 5.60 Å². The SMILES string of the molecule is CC(C)c1c(-c2ccc(Cl)cc2)c2cc3cnn(C(=O)C(C)(C)C)c3cc2n1CCC(=O)OC(C)(C)C. The Bertz CT molecular complexity index is 1480. The van der Waals surface area contributed by atoms with E-state index in [0.717, 1.165) is 38.6 Å². The number of esters is 1. The van der Waals surface area contributed by atoms with E-state index in [2.05, 4.69) is 29.6 Å². The highest BCUT2D eigenvalue weighted by Crippen LogP contribution is 2.41. The highest BCUT2D eigenvalue weighted by molar-refractivity contribution is 6.30. The topological polar surface area (TPSA) is 66.1 Å². The molecule has 2 heterocycles. The van der Waals surface area contributed by atoms with Crippen LogP contribution in [-0.4, -0.2) is 31.8 Å². The summed E-state index contributed by atoms with van der Waals surface area (Å²) < 4.78 is 9.29. The monoisotopic (exact) mass is 521 g/mol. The summed E-state index contributed by atoms with van der Waals surface area (Å²) in [5.41, 5.74) is 3.85. The number of benzene rings is 2. The van der Waals surface area contributed by atoms with Gasteiger partial charge in [-0.1, -0.05) is 58.4 Å². The number of aromatic nitrogens is 3. The molecule has 0 atom stereocenters. The quantitative estimate of drug-likeness (QED) is 0.251. The van der Waals surface area contributed by atoms with Gasteiger partial charge in [-0.05, 0) is 56.5 Å². The molecule has 0 fully saturated rings. The highest BCUT2D eigenvalue weighted by atomic mass is 35.5. The first-order valence-electron chi connectivity index (χ1n) is 12.7. The van der Waals surface area contributed by atoms with Crippen molar-refractivity contribution in [3.05, 3.63) is 53.3 Å². The van der Waals surface area contributed by atoms with Gasteiger partial charge in [-0.2, -0.15) is 9.78 Å². The number of aryl methyl sites for hydroxylation is 1. The maximum absolute atomic E-state index is 13.2. The largest absolute Gasteiger partial charge is 0.460 e. The van der Waals surface area contributed by atoms with Crippen LogP contribution in [0.2, 0.25) is 5.02 Å². The molecule has 0 spiro atoms. The third-order valence-electron chi connectivity index (χ3n) is 6.27. The van der Waals surface area contributed by atoms with Crippen molar-refractivity contribution in [2.45, 2.75) is 79.9 Å². The minimum atomic E-state index is -0.579. The highest BCUT2D eigenvalue weighted by Gasteiger charge is 2.27. The van der Waals surface area contributed by atoms with Crippen LogP contribution in [0.5, 0.6) is 0 Å². The second-order valence-corrected chi connectivity index (χ2v) is 12.4. The van der Waals surface area contributed by atoms with Crippen molar-refractivity contribution in [2.24, 2.45) is 5.41 Å². The van der Waals surface area contributed by atoms with Gasteiger partial charge < -0.3 is 9.30 Å². The number of nitrogens with zero attached hydrogens (tertiary/aromatic N) is 3. The molecular formula is C30H36ClN3O3. The van der Waals surface area contributed by atoms with Gasteiger partial charge in [-0.15, -0.1) is 0 Å². The Morgan fingerprint density at radius 2 is 1.65 bits per heavy atom. The predicted octanol–water partition coefficient (Wildman–Crippen LogP) is 7.85. The lowest BCUT2D eigenvalue weighted by atomic mass is 9.95. The summed E-state index contributed by atoms with van der Waals surface area (Å²) >= 11 is 6.21. The van der Waals surface area contributed by atoms with E-state index in [1.807, 2.05) is 71.9 Å². The van der Waals surface area contributed by atoms with Crippen molar-refractivity contribution >= 4 is 45.3 Å². The minimum Gasteiger partial charge on any atom is -0.460 e. The second kappa shape index (κ2) is 9.64. The van der Waals surface area contributed by atoms with E-state index in [1.54, 1.807) is 6.20 Å². The van der Waals surface area contributed by atoms with Crippen molar-refractivity contribution < 1.29 is 14.3 Å². The third kappa shape index (κ3) is 5.45. The summed E-state index contributed by atoms with van der Waals surface area (Å²) in [6.07, 6.45) is 1.98. The van der Waals surface area contributed by atoms with Gasteiger partial charge in [-0.3, -0.25) is 9.59 Å². The van der Waals surface area contributed by atoms with Crippen LogP contribution in [0, 0.1) is 5.41 Å². The maximum Gasteiger partial charge on any atom is 0.308 e. The molecule has 0 radical (unpaired) electrons. The molecule has 2 aromatic heterocycles. The van der Waals surface area contributed by atoms with Gasteiger partial charge in [0.25, 0.3) is 5.91 Å². The Labute approximate surface area is 223 Å². The van der Waals surface area contributed by atoms with E-state index >= 15 is 0 Å². The van der Waals surface area contributed by atoms with Crippen LogP contribution in [-0.2, 0) is 16.1 Å². The predicted molar refractivity (Wildman–Crippen MR) is 150 cm³/mol. The fourth-order valence-corrected chi connectivity index (χ4v) is 4.85. The molecule has 0 amide bonds. The Morgan fingerprint density at radius 1 is 1.00 bits per heavy atom. The molecule has 0 aliphatic carbocycles. The lowest BCUT2D eigenvalue weighted by Crippen LogP contribution is -2.27. The maximum atomic E-state index is 13.2. The molecule has 37 heavy (non-hydrogen) atoms. The van der Waals surface area contributed by atoms with E-state index in [-0.39, 0.29) is 24.2 Å². The lowest BCUT2D eigenvalue weighted by Gasteiger charge is -2.20. The van der Waals surface area contributed by atoms with E-state index in [0.29, 0.717) is 11.6 Å². The number of carbonyl (C=O) groups is 2. The molecule has 0 aliphatic rings. The van der Waals surface area contributed by atoms with E-state index in [1.165, 1.54) is 4.68 Å². The molecule has 7 heteroatoms. The number of rotatable bonds is 5. The van der Waals surface area contributed by atoms with Crippen LogP contribution in [0.15, 0.2) is 42.6 Å². The number of ether oxygens (including phenoxy) is 1. The summed E-state index contributed by atoms with van der Waals surface area (Å²) in [5.74, 6) is -0.144. The number of fused-ring (bicyclic) bond motifs is 2. The van der Waals surface area contributed by atoms with Gasteiger partial charge in [-0.25, -0.2) is 0 Å². The smallest absolute Gasteiger partial charge is 0.308 e. The Hall–Kier alpha value is -3.12. The van der Waals surface area contributed by atoms with E-state index in [9.17, 15) is 9.59 Å². The number of halogens is 1. The van der Waals surface area contributed by atoms with Crippen molar-refractivity contribution in [3.8, 4) is 11.1 Å². The normalized spacial score (nSPS) is 12.6. The zero-order valence-electron chi connectivity index (χ0n) is 23.0. The fraction of sp³-hybridized carbons (Fsp3) is 0.433. The minimum absolute atomic E-state index is 0.0734. The molecule has 2 aromatic carbocycles. The zero-order valence-corrected chi connectivity index (χ0v) is 23.7. The van der Waals surface area contributed by atoms with Gasteiger partial charge in [0, 0.05) is 39.0 Å². The first-order valence-corrected chi connectivity index (χ1v) is 13.1. The van der Waals surface area contributed by atoms with Crippen LogP contribution in [0.3, 0.4) is 0 Å². The molecule has 0 unspecified atom stereocenters. The van der Waals surface area contributed by atoms with Gasteiger partial charge in [0.15, 0.2) is 0 Å². The molecule has 6 nitrogen and oxygen atoms in total. The first-order chi connectivity index (χ1) is 17.2. The van der Waals surface area contributed by atoms with Gasteiger partial charge in [0.05, 0.1) is 23.7 Å². The average molecular weight is 522 g/mol. The summed E-state index contributed by atoms with van der Waals surface area (Å²) in [4.78, 5) is 25.8. The molecule has 0 saturated heterocycles. The molecule has 0 bridgehead atoms. The summed E-state index contributed by atoms with van der Waals surface area (Å²) in [6, 6.07) is 12.0. The number of hydrogen-bond donors (Lipinski definition) is 0. The summed E-state index contributed by atoms with van der Waals surface area (Å²) in [7, 11) is 0. The van der Waals surface area contributed by atoms with E-state index in [4.69, 9.17) is 16.3 Å². The Balaban J connectivity index is 1.97. The van der Waals surface area contributed by atoms with Crippen molar-refractivity contribution in [2.75, 3.05) is 0 Å². The zero-order chi connectivity index (χ0) is 27.3. The second-order valence-electron chi connectivity index (χ2n) is 11.9. The van der Waals surface area contributed by atoms with Crippen LogP contribution in [0.4, 0.5) is 0 Å². The molecule has 4 aromatic rings. The van der Waals surface area contributed by atoms with Gasteiger partial charge >= 0.3 is 5.97 Å². The standard InChI is InChI=1S/C30H36ClN3O3/c1-18(2)27-26(19-9-11-21(31)12-10-19)22-15-20-17-32-34(28(36)29(3,4)5)23(20)16-24(22)33(27)14-13-25(35)37-30(6,7)8/h9-12,15-18H,13-14H2,1-8H3. The fourth-order valence-electron chi connectivity index (χ4n) is 4.73. The number of hydrogen-bond acceptors (Lipinski definition) is 4. The molecule has 0 saturated carbocycles. The average Bonchev–Trinajstić information content (AvgIpc) is 3.33. The van der Waals surface area contributed by atoms with Crippen molar-refractivity contribution in [1.29, 1.82) is 0 Å². The van der Waals surface area contributed by atoms with Crippen LogP contribution in [0.25, 0.3) is 32.9 Å². The molecular weight excluding hydrogens is 486 g/mol. The van der Waals surface area contributed by atoms with Crippen LogP contribution < -0.4 is 0 Å². The summed E-state index contributed by atoms with van der Waals surface area (Å²) in [6.45, 7) is 16.1. The first kappa shape index (κ1) is 26.9. The lowest BCUT2D eigenvalue weighted by molar-refractivity contribution is -0.155. The number of carbonyl (C=O) groups excluding carboxylic acids is 2. The van der Waals surface area contributed by atoms with E-state index < -0.39 is 11.0 Å². The molecule has 196 valence electrons. The molecule has 4 rings (SSSR count). The van der Waals surface area contributed by atoms with Crippen molar-refractivity contribution in [3.63, 3.8) is 0 Å². The Morgan fingerprint density at radius 3 is 2.22 bits per heavy atom. The Kier molecular flexibility index (Phi) is 7.02. The molecule has 0 N–H and O–H groups in total. The third-order valence-corrected chi connectivity index (χ3v) is 6.52. The van der Waals surface area contributed by atoms with Crippen LogP contribution >= 0.6 is 11.6 Å². The molecule has 0 aliphatic heterocycles. The van der Waals surface area contributed by atoms with Gasteiger partial charge in [0.2, 0.25) is 0 Å².